The van der Waals surface area contributed by atoms with Crippen molar-refractivity contribution in [3.8, 4) is 5.69 Å². The zero-order valence-electron chi connectivity index (χ0n) is 17.8. The van der Waals surface area contributed by atoms with E-state index in [-0.39, 0.29) is 29.9 Å². The molecule has 1 aliphatic rings. The van der Waals surface area contributed by atoms with E-state index in [0.29, 0.717) is 38.5 Å². The molecule has 0 radical (unpaired) electrons. The second-order valence-corrected chi connectivity index (χ2v) is 9.04. The Balaban J connectivity index is 1.77. The van der Waals surface area contributed by atoms with Gasteiger partial charge in [-0.05, 0) is 31.0 Å². The van der Waals surface area contributed by atoms with Crippen molar-refractivity contribution >= 4 is 33.2 Å². The van der Waals surface area contributed by atoms with Crippen LogP contribution in [0.5, 0.6) is 0 Å². The van der Waals surface area contributed by atoms with Gasteiger partial charge < -0.3 is 10.0 Å². The van der Waals surface area contributed by atoms with Crippen molar-refractivity contribution in [1.82, 2.24) is 9.47 Å². The molecule has 0 spiro atoms. The number of benzene rings is 2. The molecule has 1 fully saturated rings. The van der Waals surface area contributed by atoms with Crippen molar-refractivity contribution in [3.63, 3.8) is 0 Å². The third-order valence-corrected chi connectivity index (χ3v) is 7.24. The average molecular weight is 459 g/mol. The van der Waals surface area contributed by atoms with Gasteiger partial charge in [-0.25, -0.2) is 0 Å². The maximum atomic E-state index is 13.7. The van der Waals surface area contributed by atoms with Gasteiger partial charge >= 0.3 is 0 Å². The van der Waals surface area contributed by atoms with Gasteiger partial charge in [0.15, 0.2) is 5.78 Å². The lowest BCUT2D eigenvalue weighted by Gasteiger charge is -2.22. The first kappa shape index (κ1) is 21.3. The first-order valence-corrected chi connectivity index (χ1v) is 11.7. The number of hydrogen-bond acceptors (Lipinski definition) is 5. The second kappa shape index (κ2) is 8.77. The molecule has 2 aromatic heterocycles. The zero-order chi connectivity index (χ0) is 22.9. The summed E-state index contributed by atoms with van der Waals surface area (Å²) in [5.74, 6) is -0.540. The minimum Gasteiger partial charge on any atom is -0.394 e. The Hall–Kier alpha value is -3.55. The van der Waals surface area contributed by atoms with Gasteiger partial charge in [0.05, 0.1) is 23.9 Å². The second-order valence-electron chi connectivity index (χ2n) is 8.04. The number of para-hydroxylation sites is 1. The SMILES string of the molecule is O=C(c1ccccc1)c1c(C(=O)N2CCC[C@H]2CO)sc2c1ccc(=O)n2-c1ccccc1. The molecule has 0 bridgehead atoms. The normalized spacial score (nSPS) is 15.8. The molecule has 166 valence electrons. The molecular formula is C26H22N2O4S. The van der Waals surface area contributed by atoms with Gasteiger partial charge in [0.25, 0.3) is 11.5 Å². The number of pyridine rings is 1. The topological polar surface area (TPSA) is 79.6 Å². The third kappa shape index (κ3) is 3.69. The maximum absolute atomic E-state index is 13.7. The molecule has 1 atom stereocenters. The summed E-state index contributed by atoms with van der Waals surface area (Å²) in [6, 6.07) is 20.8. The number of rotatable bonds is 5. The summed E-state index contributed by atoms with van der Waals surface area (Å²) in [5.41, 5.74) is 1.21. The number of aliphatic hydroxyl groups is 1. The van der Waals surface area contributed by atoms with E-state index >= 15 is 0 Å². The number of carbonyl (C=O) groups excluding carboxylic acids is 2. The summed E-state index contributed by atoms with van der Waals surface area (Å²) in [4.78, 5) is 42.7. The quantitative estimate of drug-likeness (QED) is 0.461. The lowest BCUT2D eigenvalue weighted by molar-refractivity contribution is 0.0679. The number of fused-ring (bicyclic) bond motifs is 1. The Kier molecular flexibility index (Phi) is 5.66. The van der Waals surface area contributed by atoms with E-state index in [9.17, 15) is 19.5 Å². The monoisotopic (exact) mass is 458 g/mol. The third-order valence-electron chi connectivity index (χ3n) is 6.06. The highest BCUT2D eigenvalue weighted by Gasteiger charge is 2.34. The van der Waals surface area contributed by atoms with E-state index in [1.807, 2.05) is 36.4 Å². The molecule has 3 heterocycles. The Morgan fingerprint density at radius 3 is 2.36 bits per heavy atom. The molecular weight excluding hydrogens is 436 g/mol. The van der Waals surface area contributed by atoms with E-state index in [4.69, 9.17) is 0 Å². The van der Waals surface area contributed by atoms with Crippen molar-refractivity contribution in [3.05, 3.63) is 99.2 Å². The molecule has 1 amide bonds. The van der Waals surface area contributed by atoms with Crippen LogP contribution in [0, 0.1) is 0 Å². The molecule has 7 heteroatoms. The predicted molar refractivity (Wildman–Crippen MR) is 128 cm³/mol. The van der Waals surface area contributed by atoms with Crippen LogP contribution in [0.2, 0.25) is 0 Å². The van der Waals surface area contributed by atoms with Crippen LogP contribution in [0.25, 0.3) is 15.9 Å². The van der Waals surface area contributed by atoms with E-state index in [0.717, 1.165) is 24.2 Å². The van der Waals surface area contributed by atoms with Crippen molar-refractivity contribution in [1.29, 1.82) is 0 Å². The minimum absolute atomic E-state index is 0.118. The number of hydrogen-bond donors (Lipinski definition) is 1. The fraction of sp³-hybridized carbons (Fsp3) is 0.192. The predicted octanol–water partition coefficient (Wildman–Crippen LogP) is 3.88. The van der Waals surface area contributed by atoms with Crippen LogP contribution in [-0.4, -0.2) is 45.5 Å². The molecule has 4 aromatic rings. The Bertz CT molecular complexity index is 1390. The van der Waals surface area contributed by atoms with Crippen LogP contribution >= 0.6 is 11.3 Å². The minimum atomic E-state index is -0.279. The lowest BCUT2D eigenvalue weighted by Crippen LogP contribution is -2.37. The highest BCUT2D eigenvalue weighted by molar-refractivity contribution is 7.21. The van der Waals surface area contributed by atoms with Crippen LogP contribution in [0.3, 0.4) is 0 Å². The molecule has 2 aromatic carbocycles. The largest absolute Gasteiger partial charge is 0.394 e. The van der Waals surface area contributed by atoms with Gasteiger partial charge in [-0.15, -0.1) is 11.3 Å². The Morgan fingerprint density at radius 2 is 1.67 bits per heavy atom. The molecule has 0 saturated carbocycles. The number of aliphatic hydroxyl groups excluding tert-OH is 1. The van der Waals surface area contributed by atoms with Gasteiger partial charge in [0, 0.05) is 23.6 Å². The fourth-order valence-corrected chi connectivity index (χ4v) is 5.71. The standard InChI is InChI=1S/C26H22N2O4S/c29-16-19-12-7-15-27(19)25(32)24-22(23(31)17-8-3-1-4-9-17)20-13-14-21(30)28(26(20)33-24)18-10-5-2-6-11-18/h1-6,8-11,13-14,19,29H,7,12,15-16H2/t19-/m0/s1. The number of ketones is 1. The molecule has 33 heavy (non-hydrogen) atoms. The number of likely N-dealkylation sites (tertiary alicyclic amines) is 1. The highest BCUT2D eigenvalue weighted by atomic mass is 32.1. The molecule has 0 aliphatic carbocycles. The van der Waals surface area contributed by atoms with Crippen molar-refractivity contribution in [2.24, 2.45) is 0 Å². The number of amides is 1. The van der Waals surface area contributed by atoms with Gasteiger partial charge in [0.2, 0.25) is 0 Å². The highest BCUT2D eigenvalue weighted by Crippen LogP contribution is 2.35. The molecule has 0 unspecified atom stereocenters. The molecule has 6 nitrogen and oxygen atoms in total. The lowest BCUT2D eigenvalue weighted by atomic mass is 10.0. The number of carbonyl (C=O) groups is 2. The van der Waals surface area contributed by atoms with Crippen LogP contribution in [0.15, 0.2) is 77.6 Å². The van der Waals surface area contributed by atoms with Gasteiger partial charge in [-0.3, -0.25) is 19.0 Å². The Morgan fingerprint density at radius 1 is 0.970 bits per heavy atom. The van der Waals surface area contributed by atoms with Crippen molar-refractivity contribution in [2.45, 2.75) is 18.9 Å². The first-order chi connectivity index (χ1) is 16.1. The molecule has 1 aliphatic heterocycles. The number of thiophene rings is 1. The zero-order valence-corrected chi connectivity index (χ0v) is 18.6. The summed E-state index contributed by atoms with van der Waals surface area (Å²) >= 11 is 1.16. The fourth-order valence-electron chi connectivity index (χ4n) is 4.44. The van der Waals surface area contributed by atoms with Gasteiger partial charge in [-0.2, -0.15) is 0 Å². The first-order valence-electron chi connectivity index (χ1n) is 10.9. The van der Waals surface area contributed by atoms with E-state index in [2.05, 4.69) is 0 Å². The maximum Gasteiger partial charge on any atom is 0.265 e. The molecule has 5 rings (SSSR count). The van der Waals surface area contributed by atoms with Crippen molar-refractivity contribution < 1.29 is 14.7 Å². The van der Waals surface area contributed by atoms with Crippen LogP contribution in [0.4, 0.5) is 0 Å². The van der Waals surface area contributed by atoms with Crippen LogP contribution in [0.1, 0.15) is 38.4 Å². The molecule has 1 saturated heterocycles. The van der Waals surface area contributed by atoms with Crippen LogP contribution in [-0.2, 0) is 0 Å². The summed E-state index contributed by atoms with van der Waals surface area (Å²) in [6.45, 7) is 0.413. The summed E-state index contributed by atoms with van der Waals surface area (Å²) < 4.78 is 1.55. The molecule has 1 N–H and O–H groups in total. The van der Waals surface area contributed by atoms with Crippen LogP contribution < -0.4 is 5.56 Å². The Labute approximate surface area is 194 Å². The summed E-state index contributed by atoms with van der Waals surface area (Å²) in [5, 5.41) is 10.3. The number of nitrogens with zero attached hydrogens (tertiary/aromatic N) is 2. The van der Waals surface area contributed by atoms with E-state index < -0.39 is 0 Å². The summed E-state index contributed by atoms with van der Waals surface area (Å²) in [6.07, 6.45) is 1.53. The van der Waals surface area contributed by atoms with Crippen molar-refractivity contribution in [2.75, 3.05) is 13.2 Å². The van der Waals surface area contributed by atoms with E-state index in [1.54, 1.807) is 39.8 Å². The van der Waals surface area contributed by atoms with Gasteiger partial charge in [0.1, 0.15) is 9.71 Å². The van der Waals surface area contributed by atoms with E-state index in [1.165, 1.54) is 6.07 Å². The van der Waals surface area contributed by atoms with Gasteiger partial charge in [-0.1, -0.05) is 48.5 Å². The average Bonchev–Trinajstić information content (AvgIpc) is 3.49. The number of aromatic nitrogens is 1. The smallest absolute Gasteiger partial charge is 0.265 e. The summed E-state index contributed by atoms with van der Waals surface area (Å²) in [7, 11) is 0.